The number of anilines is 2. The summed E-state index contributed by atoms with van der Waals surface area (Å²) in [5, 5.41) is 6.71. The predicted molar refractivity (Wildman–Crippen MR) is 90.5 cm³/mol. The largest absolute Gasteiger partial charge is 0.379 e. The SMILES string of the molecule is Cc1cc(NCCN2CCOCC2)nc(NCCC(C)C)n1. The van der Waals surface area contributed by atoms with Crippen molar-refractivity contribution in [3.8, 4) is 0 Å². The normalized spacial score (nSPS) is 16.0. The van der Waals surface area contributed by atoms with E-state index in [4.69, 9.17) is 4.74 Å². The van der Waals surface area contributed by atoms with Crippen LogP contribution in [0.3, 0.4) is 0 Å². The van der Waals surface area contributed by atoms with E-state index in [1.54, 1.807) is 0 Å². The Balaban J connectivity index is 1.78. The predicted octanol–water partition coefficient (Wildman–Crippen LogP) is 1.99. The highest BCUT2D eigenvalue weighted by molar-refractivity contribution is 5.42. The van der Waals surface area contributed by atoms with Crippen molar-refractivity contribution < 1.29 is 4.74 Å². The summed E-state index contributed by atoms with van der Waals surface area (Å²) in [6, 6.07) is 1.99. The summed E-state index contributed by atoms with van der Waals surface area (Å²) in [5.41, 5.74) is 0.982. The van der Waals surface area contributed by atoms with E-state index in [1.165, 1.54) is 0 Å². The van der Waals surface area contributed by atoms with Crippen LogP contribution in [0.15, 0.2) is 6.07 Å². The maximum atomic E-state index is 5.36. The van der Waals surface area contributed by atoms with Crippen molar-refractivity contribution in [2.75, 3.05) is 56.6 Å². The van der Waals surface area contributed by atoms with Crippen molar-refractivity contribution in [2.45, 2.75) is 27.2 Å². The molecular weight excluding hydrogens is 278 g/mol. The number of aromatic nitrogens is 2. The van der Waals surface area contributed by atoms with Gasteiger partial charge in [-0.15, -0.1) is 0 Å². The van der Waals surface area contributed by atoms with Gasteiger partial charge in [0.15, 0.2) is 0 Å². The van der Waals surface area contributed by atoms with Crippen LogP contribution in [0.1, 0.15) is 26.0 Å². The first-order chi connectivity index (χ1) is 10.6. The van der Waals surface area contributed by atoms with Gasteiger partial charge in [0.25, 0.3) is 0 Å². The second kappa shape index (κ2) is 8.90. The molecule has 1 fully saturated rings. The highest BCUT2D eigenvalue weighted by Gasteiger charge is 2.09. The Morgan fingerprint density at radius 2 is 1.95 bits per heavy atom. The summed E-state index contributed by atoms with van der Waals surface area (Å²) in [7, 11) is 0. The number of hydrogen-bond donors (Lipinski definition) is 2. The van der Waals surface area contributed by atoms with Crippen LogP contribution in [0.4, 0.5) is 11.8 Å². The van der Waals surface area contributed by atoms with Gasteiger partial charge in [-0.25, -0.2) is 4.98 Å². The standard InChI is InChI=1S/C16H29N5O/c1-13(2)4-5-18-16-19-14(3)12-15(20-16)17-6-7-21-8-10-22-11-9-21/h12-13H,4-11H2,1-3H3,(H2,17,18,19,20). The maximum absolute atomic E-state index is 5.36. The molecule has 2 N–H and O–H groups in total. The molecule has 124 valence electrons. The van der Waals surface area contributed by atoms with E-state index in [-0.39, 0.29) is 0 Å². The van der Waals surface area contributed by atoms with Gasteiger partial charge in [0.1, 0.15) is 5.82 Å². The van der Waals surface area contributed by atoms with Crippen LogP contribution in [0.5, 0.6) is 0 Å². The molecule has 6 heteroatoms. The lowest BCUT2D eigenvalue weighted by atomic mass is 10.1. The number of rotatable bonds is 8. The molecule has 0 radical (unpaired) electrons. The molecule has 6 nitrogen and oxygen atoms in total. The van der Waals surface area contributed by atoms with Crippen LogP contribution in [0.25, 0.3) is 0 Å². The average Bonchev–Trinajstić information content (AvgIpc) is 2.47. The van der Waals surface area contributed by atoms with Crippen LogP contribution < -0.4 is 10.6 Å². The Bertz CT molecular complexity index is 446. The summed E-state index contributed by atoms with van der Waals surface area (Å²) < 4.78 is 5.36. The highest BCUT2D eigenvalue weighted by atomic mass is 16.5. The Morgan fingerprint density at radius 3 is 2.68 bits per heavy atom. The van der Waals surface area contributed by atoms with Gasteiger partial charge >= 0.3 is 0 Å². The topological polar surface area (TPSA) is 62.3 Å². The molecule has 1 aliphatic rings. The average molecular weight is 307 g/mol. The molecule has 2 heterocycles. The van der Waals surface area contributed by atoms with E-state index in [0.717, 1.165) is 69.8 Å². The van der Waals surface area contributed by atoms with Gasteiger partial charge < -0.3 is 15.4 Å². The van der Waals surface area contributed by atoms with Crippen LogP contribution in [-0.4, -0.2) is 60.8 Å². The molecule has 1 aromatic rings. The minimum Gasteiger partial charge on any atom is -0.379 e. The van der Waals surface area contributed by atoms with Gasteiger partial charge in [-0.2, -0.15) is 4.98 Å². The smallest absolute Gasteiger partial charge is 0.224 e. The van der Waals surface area contributed by atoms with E-state index in [2.05, 4.69) is 39.3 Å². The van der Waals surface area contributed by atoms with Crippen molar-refractivity contribution in [3.63, 3.8) is 0 Å². The lowest BCUT2D eigenvalue weighted by Gasteiger charge is -2.26. The maximum Gasteiger partial charge on any atom is 0.224 e. The van der Waals surface area contributed by atoms with E-state index >= 15 is 0 Å². The van der Waals surface area contributed by atoms with Gasteiger partial charge in [-0.05, 0) is 19.3 Å². The fourth-order valence-corrected chi connectivity index (χ4v) is 2.38. The van der Waals surface area contributed by atoms with Gasteiger partial charge in [-0.1, -0.05) is 13.8 Å². The summed E-state index contributed by atoms with van der Waals surface area (Å²) in [6.07, 6.45) is 1.12. The van der Waals surface area contributed by atoms with Crippen molar-refractivity contribution in [3.05, 3.63) is 11.8 Å². The third kappa shape index (κ3) is 6.15. The summed E-state index contributed by atoms with van der Waals surface area (Å²) in [5.74, 6) is 2.30. The molecular formula is C16H29N5O. The molecule has 0 amide bonds. The van der Waals surface area contributed by atoms with E-state index in [0.29, 0.717) is 5.92 Å². The molecule has 1 saturated heterocycles. The van der Waals surface area contributed by atoms with Crippen LogP contribution in [0, 0.1) is 12.8 Å². The van der Waals surface area contributed by atoms with Crippen LogP contribution in [-0.2, 0) is 4.74 Å². The Kier molecular flexibility index (Phi) is 6.86. The van der Waals surface area contributed by atoms with Gasteiger partial charge in [-0.3, -0.25) is 4.90 Å². The van der Waals surface area contributed by atoms with E-state index < -0.39 is 0 Å². The summed E-state index contributed by atoms with van der Waals surface area (Å²) in [4.78, 5) is 11.4. The number of nitrogens with zero attached hydrogens (tertiary/aromatic N) is 3. The second-order valence-corrected chi connectivity index (χ2v) is 6.21. The third-order valence-corrected chi connectivity index (χ3v) is 3.70. The molecule has 0 bridgehead atoms. The van der Waals surface area contributed by atoms with E-state index in [1.807, 2.05) is 13.0 Å². The van der Waals surface area contributed by atoms with Crippen molar-refractivity contribution in [1.82, 2.24) is 14.9 Å². The molecule has 0 atom stereocenters. The lowest BCUT2D eigenvalue weighted by molar-refractivity contribution is 0.0398. The van der Waals surface area contributed by atoms with Crippen LogP contribution in [0.2, 0.25) is 0 Å². The second-order valence-electron chi connectivity index (χ2n) is 6.21. The molecule has 0 aliphatic carbocycles. The van der Waals surface area contributed by atoms with Crippen molar-refractivity contribution in [1.29, 1.82) is 0 Å². The van der Waals surface area contributed by atoms with Crippen molar-refractivity contribution in [2.24, 2.45) is 5.92 Å². The molecule has 0 spiro atoms. The third-order valence-electron chi connectivity index (χ3n) is 3.70. The molecule has 1 aliphatic heterocycles. The minimum atomic E-state index is 0.684. The first-order valence-electron chi connectivity index (χ1n) is 8.27. The van der Waals surface area contributed by atoms with Gasteiger partial charge in [0.05, 0.1) is 13.2 Å². The van der Waals surface area contributed by atoms with Crippen LogP contribution >= 0.6 is 0 Å². The van der Waals surface area contributed by atoms with Gasteiger partial charge in [0, 0.05) is 44.5 Å². The molecule has 0 unspecified atom stereocenters. The monoisotopic (exact) mass is 307 g/mol. The summed E-state index contributed by atoms with van der Waals surface area (Å²) >= 11 is 0. The highest BCUT2D eigenvalue weighted by Crippen LogP contribution is 2.10. The zero-order valence-corrected chi connectivity index (χ0v) is 14.1. The minimum absolute atomic E-state index is 0.684. The van der Waals surface area contributed by atoms with E-state index in [9.17, 15) is 0 Å². The summed E-state index contributed by atoms with van der Waals surface area (Å²) in [6.45, 7) is 13.0. The molecule has 0 aromatic carbocycles. The number of ether oxygens (including phenoxy) is 1. The molecule has 22 heavy (non-hydrogen) atoms. The zero-order chi connectivity index (χ0) is 15.8. The first-order valence-corrected chi connectivity index (χ1v) is 8.27. The van der Waals surface area contributed by atoms with Gasteiger partial charge in [0.2, 0.25) is 5.95 Å². The fourth-order valence-electron chi connectivity index (χ4n) is 2.38. The quantitative estimate of drug-likeness (QED) is 0.766. The Labute approximate surface area is 133 Å². The Hall–Kier alpha value is -1.40. The number of hydrogen-bond acceptors (Lipinski definition) is 6. The Morgan fingerprint density at radius 1 is 1.18 bits per heavy atom. The first kappa shape index (κ1) is 17.0. The number of nitrogens with one attached hydrogen (secondary N) is 2. The molecule has 2 rings (SSSR count). The number of morpholine rings is 1. The van der Waals surface area contributed by atoms with Crippen molar-refractivity contribution >= 4 is 11.8 Å². The number of aryl methyl sites for hydroxylation is 1. The fraction of sp³-hybridized carbons (Fsp3) is 0.750. The molecule has 1 aromatic heterocycles. The lowest BCUT2D eigenvalue weighted by Crippen LogP contribution is -2.39. The molecule has 0 saturated carbocycles. The zero-order valence-electron chi connectivity index (χ0n) is 14.1.